The molecule has 0 unspecified atom stereocenters. The predicted molar refractivity (Wildman–Crippen MR) is 87.1 cm³/mol. The maximum atomic E-state index is 12.1. The van der Waals surface area contributed by atoms with Gasteiger partial charge in [0.2, 0.25) is 5.91 Å². The van der Waals surface area contributed by atoms with Gasteiger partial charge in [0.05, 0.1) is 6.54 Å². The molecule has 2 aromatic rings. The third kappa shape index (κ3) is 3.18. The summed E-state index contributed by atoms with van der Waals surface area (Å²) in [5, 5.41) is 10.3. The van der Waals surface area contributed by atoms with Gasteiger partial charge >= 0.3 is 0 Å². The molecule has 5 nitrogen and oxygen atoms in total. The summed E-state index contributed by atoms with van der Waals surface area (Å²) in [7, 11) is 0. The van der Waals surface area contributed by atoms with E-state index >= 15 is 0 Å². The molecule has 0 saturated heterocycles. The molecule has 1 aromatic heterocycles. The van der Waals surface area contributed by atoms with E-state index in [2.05, 4.69) is 11.6 Å². The van der Waals surface area contributed by atoms with E-state index in [4.69, 9.17) is 4.74 Å². The van der Waals surface area contributed by atoms with Crippen LogP contribution in [-0.2, 0) is 11.3 Å². The highest BCUT2D eigenvalue weighted by atomic mass is 16.5. The quantitative estimate of drug-likeness (QED) is 0.886. The molecule has 0 aliphatic carbocycles. The van der Waals surface area contributed by atoms with Crippen LogP contribution >= 0.6 is 0 Å². The van der Waals surface area contributed by atoms with Crippen LogP contribution in [0.25, 0.3) is 11.1 Å². The first-order valence-corrected chi connectivity index (χ1v) is 7.47. The minimum atomic E-state index is 0.00252. The predicted octanol–water partition coefficient (Wildman–Crippen LogP) is 2.75. The molecule has 0 radical (unpaired) electrons. The Morgan fingerprint density at radius 2 is 2.30 bits per heavy atom. The van der Waals surface area contributed by atoms with E-state index in [1.54, 1.807) is 29.4 Å². The lowest BCUT2D eigenvalue weighted by atomic mass is 10.0. The molecule has 1 aliphatic rings. The first kappa shape index (κ1) is 15.1. The summed E-state index contributed by atoms with van der Waals surface area (Å²) in [6, 6.07) is 7.36. The van der Waals surface area contributed by atoms with Crippen molar-refractivity contribution in [3.63, 3.8) is 0 Å². The van der Waals surface area contributed by atoms with E-state index in [-0.39, 0.29) is 11.7 Å². The molecule has 0 spiro atoms. The average Bonchev–Trinajstić information content (AvgIpc) is 2.79. The van der Waals surface area contributed by atoms with Gasteiger partial charge in [-0.3, -0.25) is 9.78 Å². The number of aromatic nitrogens is 1. The van der Waals surface area contributed by atoms with Gasteiger partial charge in [0, 0.05) is 36.5 Å². The molecule has 5 heteroatoms. The first-order chi connectivity index (χ1) is 11.2. The Balaban J connectivity index is 1.97. The fraction of sp³-hybridized carbons (Fsp3) is 0.222. The van der Waals surface area contributed by atoms with Gasteiger partial charge in [0.15, 0.2) is 11.5 Å². The summed E-state index contributed by atoms with van der Waals surface area (Å²) in [5.74, 6) is 0.536. The maximum Gasteiger partial charge on any atom is 0.226 e. The van der Waals surface area contributed by atoms with Crippen molar-refractivity contribution in [3.05, 3.63) is 54.9 Å². The van der Waals surface area contributed by atoms with Crippen molar-refractivity contribution >= 4 is 5.91 Å². The first-order valence-electron chi connectivity index (χ1n) is 7.47. The van der Waals surface area contributed by atoms with Gasteiger partial charge < -0.3 is 14.7 Å². The molecule has 0 bridgehead atoms. The van der Waals surface area contributed by atoms with Crippen molar-refractivity contribution < 1.29 is 14.6 Å². The molecule has 1 amide bonds. The topological polar surface area (TPSA) is 62.7 Å². The minimum absolute atomic E-state index is 0.00252. The van der Waals surface area contributed by atoms with E-state index in [0.29, 0.717) is 31.9 Å². The van der Waals surface area contributed by atoms with Crippen LogP contribution in [0.15, 0.2) is 49.3 Å². The van der Waals surface area contributed by atoms with Gasteiger partial charge in [0.1, 0.15) is 6.61 Å². The van der Waals surface area contributed by atoms with Crippen LogP contribution < -0.4 is 4.74 Å². The molecule has 0 saturated carbocycles. The lowest BCUT2D eigenvalue weighted by Crippen LogP contribution is -2.31. The zero-order valence-electron chi connectivity index (χ0n) is 12.7. The molecule has 1 aliphatic heterocycles. The highest BCUT2D eigenvalue weighted by Crippen LogP contribution is 2.37. The van der Waals surface area contributed by atoms with Crippen LogP contribution in [0.3, 0.4) is 0 Å². The summed E-state index contributed by atoms with van der Waals surface area (Å²) < 4.78 is 5.64. The fourth-order valence-corrected chi connectivity index (χ4v) is 2.66. The van der Waals surface area contributed by atoms with Gasteiger partial charge in [-0.1, -0.05) is 12.1 Å². The Labute approximate surface area is 134 Å². The zero-order chi connectivity index (χ0) is 16.2. The summed E-state index contributed by atoms with van der Waals surface area (Å²) in [6.45, 7) is 4.86. The van der Waals surface area contributed by atoms with Gasteiger partial charge in [-0.05, 0) is 23.8 Å². The Morgan fingerprint density at radius 1 is 1.43 bits per heavy atom. The fourth-order valence-electron chi connectivity index (χ4n) is 2.66. The van der Waals surface area contributed by atoms with Gasteiger partial charge in [-0.25, -0.2) is 0 Å². The van der Waals surface area contributed by atoms with E-state index in [1.165, 1.54) is 0 Å². The Bertz CT molecular complexity index is 729. The molecular weight excluding hydrogens is 292 g/mol. The maximum absolute atomic E-state index is 12.1. The number of fused-ring (bicyclic) bond motifs is 1. The van der Waals surface area contributed by atoms with E-state index in [0.717, 1.165) is 16.7 Å². The van der Waals surface area contributed by atoms with Crippen LogP contribution in [0.2, 0.25) is 0 Å². The van der Waals surface area contributed by atoms with E-state index in [9.17, 15) is 9.90 Å². The van der Waals surface area contributed by atoms with Crippen LogP contribution in [0, 0.1) is 0 Å². The number of phenols is 1. The Kier molecular flexibility index (Phi) is 4.28. The monoisotopic (exact) mass is 310 g/mol. The normalized spacial score (nSPS) is 13.7. The van der Waals surface area contributed by atoms with Gasteiger partial charge in [-0.15, -0.1) is 6.58 Å². The highest BCUT2D eigenvalue weighted by molar-refractivity contribution is 5.78. The molecule has 118 valence electrons. The third-order valence-corrected chi connectivity index (χ3v) is 3.78. The van der Waals surface area contributed by atoms with Gasteiger partial charge in [0.25, 0.3) is 0 Å². The summed E-state index contributed by atoms with van der Waals surface area (Å²) >= 11 is 0. The van der Waals surface area contributed by atoms with Crippen LogP contribution in [0.5, 0.6) is 11.5 Å². The second-order valence-electron chi connectivity index (χ2n) is 5.38. The number of carbonyl (C=O) groups is 1. The number of nitrogens with zero attached hydrogens (tertiary/aromatic N) is 2. The molecule has 2 heterocycles. The Hall–Kier alpha value is -2.82. The van der Waals surface area contributed by atoms with E-state index in [1.807, 2.05) is 18.2 Å². The SMILES string of the molecule is C=CCC(=O)N1CCOc2c(O)cc(-c3cccnc3)cc2C1. The summed E-state index contributed by atoms with van der Waals surface area (Å²) in [6.07, 6.45) is 5.33. The lowest BCUT2D eigenvalue weighted by molar-refractivity contribution is -0.131. The number of rotatable bonds is 3. The van der Waals surface area contributed by atoms with E-state index < -0.39 is 0 Å². The number of amides is 1. The molecule has 1 N–H and O–H groups in total. The zero-order valence-corrected chi connectivity index (χ0v) is 12.7. The number of hydrogen-bond donors (Lipinski definition) is 1. The third-order valence-electron chi connectivity index (χ3n) is 3.78. The van der Waals surface area contributed by atoms with Crippen LogP contribution in [-0.4, -0.2) is 34.0 Å². The number of benzene rings is 1. The van der Waals surface area contributed by atoms with Crippen molar-refractivity contribution in [3.8, 4) is 22.6 Å². The molecule has 1 aromatic carbocycles. The number of carbonyl (C=O) groups excluding carboxylic acids is 1. The summed E-state index contributed by atoms with van der Waals surface area (Å²) in [5.41, 5.74) is 2.54. The summed E-state index contributed by atoms with van der Waals surface area (Å²) in [4.78, 5) is 17.9. The molecule has 0 fully saturated rings. The number of phenolic OH excluding ortho intramolecular Hbond substituents is 1. The molecule has 23 heavy (non-hydrogen) atoms. The van der Waals surface area contributed by atoms with Crippen LogP contribution in [0.4, 0.5) is 0 Å². The smallest absolute Gasteiger partial charge is 0.226 e. The Morgan fingerprint density at radius 3 is 3.04 bits per heavy atom. The van der Waals surface area contributed by atoms with Crippen molar-refractivity contribution in [1.82, 2.24) is 9.88 Å². The number of pyridine rings is 1. The van der Waals surface area contributed by atoms with Crippen molar-refractivity contribution in [2.24, 2.45) is 0 Å². The van der Waals surface area contributed by atoms with Crippen LogP contribution in [0.1, 0.15) is 12.0 Å². The average molecular weight is 310 g/mol. The minimum Gasteiger partial charge on any atom is -0.504 e. The standard InChI is InChI=1S/C18H18N2O3/c1-2-4-17(22)20-7-8-23-18-15(12-20)9-14(10-16(18)21)13-5-3-6-19-11-13/h2-3,5-6,9-11,21H,1,4,7-8,12H2. The second-order valence-corrected chi connectivity index (χ2v) is 5.38. The van der Waals surface area contributed by atoms with Crippen molar-refractivity contribution in [2.45, 2.75) is 13.0 Å². The largest absolute Gasteiger partial charge is 0.504 e. The van der Waals surface area contributed by atoms with Crippen molar-refractivity contribution in [1.29, 1.82) is 0 Å². The van der Waals surface area contributed by atoms with Gasteiger partial charge in [-0.2, -0.15) is 0 Å². The molecular formula is C18H18N2O3. The molecule has 0 atom stereocenters. The van der Waals surface area contributed by atoms with Crippen molar-refractivity contribution in [2.75, 3.05) is 13.2 Å². The lowest BCUT2D eigenvalue weighted by Gasteiger charge is -2.19. The number of ether oxygens (including phenoxy) is 1. The number of hydrogen-bond acceptors (Lipinski definition) is 4. The second kappa shape index (κ2) is 6.52. The number of aromatic hydroxyl groups is 1. The molecule has 3 rings (SSSR count). The highest BCUT2D eigenvalue weighted by Gasteiger charge is 2.22.